The second kappa shape index (κ2) is 7.18. The third-order valence-corrected chi connectivity index (χ3v) is 4.45. The third-order valence-electron chi connectivity index (χ3n) is 3.26. The van der Waals surface area contributed by atoms with E-state index in [9.17, 15) is 9.59 Å². The van der Waals surface area contributed by atoms with Crippen molar-refractivity contribution in [2.45, 2.75) is 32.7 Å². The zero-order valence-corrected chi connectivity index (χ0v) is 13.1. The molecule has 21 heavy (non-hydrogen) atoms. The molecule has 1 N–H and O–H groups in total. The molecule has 0 bridgehead atoms. The van der Waals surface area contributed by atoms with Gasteiger partial charge in [-0.15, -0.1) is 11.3 Å². The molecule has 1 aromatic carbocycles. The van der Waals surface area contributed by atoms with Crippen LogP contribution in [0.15, 0.2) is 42.5 Å². The summed E-state index contributed by atoms with van der Waals surface area (Å²) in [5.74, 6) is -0.123. The van der Waals surface area contributed by atoms with Crippen LogP contribution in [0.2, 0.25) is 0 Å². The van der Waals surface area contributed by atoms with Gasteiger partial charge in [-0.05, 0) is 31.0 Å². The van der Waals surface area contributed by atoms with E-state index in [1.54, 1.807) is 12.1 Å². The Labute approximate surface area is 129 Å². The molecule has 0 unspecified atom stereocenters. The lowest BCUT2D eigenvalue weighted by molar-refractivity contribution is 0.0938. The maximum absolute atomic E-state index is 12.3. The van der Waals surface area contributed by atoms with E-state index in [1.807, 2.05) is 30.3 Å². The van der Waals surface area contributed by atoms with Gasteiger partial charge >= 0.3 is 0 Å². The fraction of sp³-hybridized carbons (Fsp3) is 0.294. The molecule has 1 atom stereocenters. The summed E-state index contributed by atoms with van der Waals surface area (Å²) in [6.07, 6.45) is 1.88. The highest BCUT2D eigenvalue weighted by Gasteiger charge is 2.17. The van der Waals surface area contributed by atoms with E-state index in [2.05, 4.69) is 12.2 Å². The van der Waals surface area contributed by atoms with Crippen LogP contribution in [0.5, 0.6) is 0 Å². The Bertz CT molecular complexity index is 619. The van der Waals surface area contributed by atoms with Crippen molar-refractivity contribution < 1.29 is 9.59 Å². The molecular weight excluding hydrogens is 282 g/mol. The number of amides is 1. The highest BCUT2D eigenvalue weighted by atomic mass is 32.1. The average molecular weight is 301 g/mol. The average Bonchev–Trinajstić information content (AvgIpc) is 2.98. The fourth-order valence-electron chi connectivity index (χ4n) is 2.17. The molecule has 0 aliphatic rings. The maximum atomic E-state index is 12.3. The number of carbonyl (C=O) groups is 2. The molecule has 3 nitrogen and oxygen atoms in total. The summed E-state index contributed by atoms with van der Waals surface area (Å²) in [7, 11) is 0. The lowest BCUT2D eigenvalue weighted by atomic mass is 10.0. The van der Waals surface area contributed by atoms with Crippen molar-refractivity contribution in [2.75, 3.05) is 0 Å². The van der Waals surface area contributed by atoms with Gasteiger partial charge in [0.1, 0.15) is 0 Å². The van der Waals surface area contributed by atoms with E-state index in [0.29, 0.717) is 9.75 Å². The van der Waals surface area contributed by atoms with E-state index < -0.39 is 0 Å². The first-order valence-electron chi connectivity index (χ1n) is 7.08. The van der Waals surface area contributed by atoms with E-state index in [0.717, 1.165) is 18.4 Å². The molecule has 0 radical (unpaired) electrons. The highest BCUT2D eigenvalue weighted by Crippen LogP contribution is 2.21. The first kappa shape index (κ1) is 15.4. The molecule has 2 rings (SSSR count). The quantitative estimate of drug-likeness (QED) is 0.812. The number of ketones is 1. The van der Waals surface area contributed by atoms with Crippen LogP contribution < -0.4 is 5.32 Å². The van der Waals surface area contributed by atoms with Gasteiger partial charge in [-0.2, -0.15) is 0 Å². The lowest BCUT2D eigenvalue weighted by Crippen LogP contribution is -2.27. The van der Waals surface area contributed by atoms with Gasteiger partial charge in [0.05, 0.1) is 15.8 Å². The number of benzene rings is 1. The zero-order chi connectivity index (χ0) is 15.2. The molecule has 1 aromatic heterocycles. The number of thiophene rings is 1. The molecule has 0 aliphatic heterocycles. The predicted molar refractivity (Wildman–Crippen MR) is 85.9 cm³/mol. The zero-order valence-electron chi connectivity index (χ0n) is 12.3. The largest absolute Gasteiger partial charge is 0.345 e. The standard InChI is InChI=1S/C17H19NO2S/c1-3-7-14(13-8-5-4-6-9-13)18-17(20)16-11-10-15(21-16)12(2)19/h4-6,8-11,14H,3,7H2,1-2H3,(H,18,20)/t14-/m0/s1. The van der Waals surface area contributed by atoms with Gasteiger partial charge in [0.2, 0.25) is 0 Å². The van der Waals surface area contributed by atoms with E-state index in [1.165, 1.54) is 18.3 Å². The van der Waals surface area contributed by atoms with Gasteiger partial charge < -0.3 is 5.32 Å². The van der Waals surface area contributed by atoms with Crippen LogP contribution in [-0.4, -0.2) is 11.7 Å². The van der Waals surface area contributed by atoms with E-state index >= 15 is 0 Å². The number of carbonyl (C=O) groups excluding carboxylic acids is 2. The van der Waals surface area contributed by atoms with Crippen LogP contribution in [0.3, 0.4) is 0 Å². The maximum Gasteiger partial charge on any atom is 0.261 e. The molecule has 0 aliphatic carbocycles. The van der Waals surface area contributed by atoms with Crippen LogP contribution >= 0.6 is 11.3 Å². The van der Waals surface area contributed by atoms with Crippen LogP contribution in [0, 0.1) is 0 Å². The molecule has 0 spiro atoms. The van der Waals surface area contributed by atoms with Gasteiger partial charge in [0.15, 0.2) is 5.78 Å². The Morgan fingerprint density at radius 1 is 1.10 bits per heavy atom. The van der Waals surface area contributed by atoms with Gasteiger partial charge in [-0.1, -0.05) is 43.7 Å². The predicted octanol–water partition coefficient (Wildman–Crippen LogP) is 4.22. The minimum Gasteiger partial charge on any atom is -0.345 e. The monoisotopic (exact) mass is 301 g/mol. The second-order valence-corrected chi connectivity index (χ2v) is 6.03. The summed E-state index contributed by atoms with van der Waals surface area (Å²) in [4.78, 5) is 24.8. The van der Waals surface area contributed by atoms with E-state index in [-0.39, 0.29) is 17.7 Å². The SMILES string of the molecule is CCC[C@H](NC(=O)c1ccc(C(C)=O)s1)c1ccccc1. The minimum atomic E-state index is -0.116. The van der Waals surface area contributed by atoms with E-state index in [4.69, 9.17) is 0 Å². The number of hydrogen-bond acceptors (Lipinski definition) is 3. The molecule has 1 heterocycles. The van der Waals surface area contributed by atoms with Gasteiger partial charge in [0, 0.05) is 0 Å². The van der Waals surface area contributed by atoms with Crippen molar-refractivity contribution in [2.24, 2.45) is 0 Å². The Morgan fingerprint density at radius 2 is 1.76 bits per heavy atom. The van der Waals surface area contributed by atoms with Crippen LogP contribution in [0.25, 0.3) is 0 Å². The number of rotatable bonds is 6. The highest BCUT2D eigenvalue weighted by molar-refractivity contribution is 7.15. The summed E-state index contributed by atoms with van der Waals surface area (Å²) in [6.45, 7) is 3.61. The van der Waals surface area contributed by atoms with Gasteiger partial charge in [-0.25, -0.2) is 0 Å². The molecule has 110 valence electrons. The van der Waals surface area contributed by atoms with Crippen molar-refractivity contribution in [3.63, 3.8) is 0 Å². The third kappa shape index (κ3) is 4.02. The van der Waals surface area contributed by atoms with Crippen LogP contribution in [0.1, 0.15) is 57.6 Å². The van der Waals surface area contributed by atoms with Crippen LogP contribution in [0.4, 0.5) is 0 Å². The van der Waals surface area contributed by atoms with Crippen molar-refractivity contribution >= 4 is 23.0 Å². The Balaban J connectivity index is 2.12. The number of nitrogens with one attached hydrogen (secondary N) is 1. The Morgan fingerprint density at radius 3 is 2.33 bits per heavy atom. The summed E-state index contributed by atoms with van der Waals surface area (Å²) in [5.41, 5.74) is 1.11. The topological polar surface area (TPSA) is 46.2 Å². The normalized spacial score (nSPS) is 11.9. The van der Waals surface area contributed by atoms with Crippen LogP contribution in [-0.2, 0) is 0 Å². The summed E-state index contributed by atoms with van der Waals surface area (Å²) in [6, 6.07) is 13.4. The van der Waals surface area contributed by atoms with Crippen molar-refractivity contribution in [1.29, 1.82) is 0 Å². The molecule has 0 fully saturated rings. The summed E-state index contributed by atoms with van der Waals surface area (Å²) < 4.78 is 0. The Hall–Kier alpha value is -1.94. The Kier molecular flexibility index (Phi) is 5.28. The number of Topliss-reactive ketones (excluding diaryl/α,β-unsaturated/α-hetero) is 1. The lowest BCUT2D eigenvalue weighted by Gasteiger charge is -2.18. The summed E-state index contributed by atoms with van der Waals surface area (Å²) >= 11 is 1.24. The van der Waals surface area contributed by atoms with Gasteiger partial charge in [0.25, 0.3) is 5.91 Å². The van der Waals surface area contributed by atoms with Crippen molar-refractivity contribution in [1.82, 2.24) is 5.32 Å². The number of hydrogen-bond donors (Lipinski definition) is 1. The minimum absolute atomic E-state index is 0.00609. The fourth-order valence-corrected chi connectivity index (χ4v) is 2.98. The molecule has 1 amide bonds. The molecule has 0 saturated carbocycles. The first-order valence-corrected chi connectivity index (χ1v) is 7.90. The smallest absolute Gasteiger partial charge is 0.261 e. The van der Waals surface area contributed by atoms with Crippen molar-refractivity contribution in [3.05, 3.63) is 57.8 Å². The molecule has 2 aromatic rings. The molecule has 4 heteroatoms. The second-order valence-electron chi connectivity index (χ2n) is 4.95. The van der Waals surface area contributed by atoms with Crippen molar-refractivity contribution in [3.8, 4) is 0 Å². The van der Waals surface area contributed by atoms with Gasteiger partial charge in [-0.3, -0.25) is 9.59 Å². The molecule has 0 saturated heterocycles. The molecular formula is C17H19NO2S. The summed E-state index contributed by atoms with van der Waals surface area (Å²) in [5, 5.41) is 3.06. The first-order chi connectivity index (χ1) is 10.1.